The van der Waals surface area contributed by atoms with Gasteiger partial charge in [0.05, 0.1) is 17.2 Å². The molecule has 1 amide bonds. The quantitative estimate of drug-likeness (QED) is 0.650. The Kier molecular flexibility index (Phi) is 7.47. The number of amides is 1. The Balaban J connectivity index is 2.17. The number of hydrogen-bond acceptors (Lipinski definition) is 4. The number of hydrogen-bond donors (Lipinski definition) is 1. The lowest BCUT2D eigenvalue weighted by Gasteiger charge is -2.13. The molecular formula is C20H27NO3S. The smallest absolute Gasteiger partial charge is 0.265 e. The number of ether oxygens (including phenoxy) is 2. The molecule has 1 N–H and O–H groups in total. The Morgan fingerprint density at radius 3 is 2.68 bits per heavy atom. The summed E-state index contributed by atoms with van der Waals surface area (Å²) in [5.74, 6) is 0.592. The second-order valence-corrected chi connectivity index (χ2v) is 7.09. The van der Waals surface area contributed by atoms with Gasteiger partial charge < -0.3 is 14.8 Å². The van der Waals surface area contributed by atoms with Gasteiger partial charge >= 0.3 is 0 Å². The average molecular weight is 362 g/mol. The molecule has 1 aromatic carbocycles. The molecule has 0 bridgehead atoms. The summed E-state index contributed by atoms with van der Waals surface area (Å²) < 4.78 is 10.8. The molecule has 2 rings (SSSR count). The number of aryl methyl sites for hydroxylation is 3. The van der Waals surface area contributed by atoms with Crippen molar-refractivity contribution < 1.29 is 14.3 Å². The largest absolute Gasteiger partial charge is 0.489 e. The molecule has 0 radical (unpaired) electrons. The lowest BCUT2D eigenvalue weighted by molar-refractivity contribution is 0.102. The van der Waals surface area contributed by atoms with Gasteiger partial charge in [-0.2, -0.15) is 0 Å². The van der Waals surface area contributed by atoms with Crippen LogP contribution in [0.15, 0.2) is 24.3 Å². The zero-order chi connectivity index (χ0) is 18.2. The number of methoxy groups -OCH3 is 1. The minimum Gasteiger partial charge on any atom is -0.489 e. The van der Waals surface area contributed by atoms with E-state index in [1.165, 1.54) is 10.4 Å². The predicted octanol–water partition coefficient (Wildman–Crippen LogP) is 4.85. The summed E-state index contributed by atoms with van der Waals surface area (Å²) in [4.78, 5) is 14.8. The highest BCUT2D eigenvalue weighted by molar-refractivity contribution is 7.14. The molecule has 136 valence electrons. The predicted molar refractivity (Wildman–Crippen MR) is 104 cm³/mol. The average Bonchev–Trinajstić information content (AvgIpc) is 3.01. The van der Waals surface area contributed by atoms with Crippen LogP contribution >= 0.6 is 11.3 Å². The Morgan fingerprint density at radius 2 is 2.00 bits per heavy atom. The van der Waals surface area contributed by atoms with Gasteiger partial charge in [-0.1, -0.05) is 26.3 Å². The third-order valence-electron chi connectivity index (χ3n) is 3.91. The number of nitrogens with one attached hydrogen (secondary N) is 1. The molecule has 0 atom stereocenters. The maximum Gasteiger partial charge on any atom is 0.265 e. The van der Waals surface area contributed by atoms with E-state index in [1.54, 1.807) is 18.4 Å². The number of benzene rings is 1. The minimum absolute atomic E-state index is 0.0810. The van der Waals surface area contributed by atoms with Crippen LogP contribution in [0.5, 0.6) is 5.75 Å². The fraction of sp³-hybridized carbons (Fsp3) is 0.450. The summed E-state index contributed by atoms with van der Waals surface area (Å²) >= 11 is 1.59. The molecule has 1 aromatic heterocycles. The number of carbonyl (C=O) groups is 1. The molecule has 25 heavy (non-hydrogen) atoms. The van der Waals surface area contributed by atoms with E-state index in [1.807, 2.05) is 31.2 Å². The van der Waals surface area contributed by atoms with Crippen LogP contribution in [0.2, 0.25) is 0 Å². The second kappa shape index (κ2) is 9.59. The van der Waals surface area contributed by atoms with Gasteiger partial charge in [-0.05, 0) is 49.1 Å². The van der Waals surface area contributed by atoms with Crippen LogP contribution in [0.3, 0.4) is 0 Å². The van der Waals surface area contributed by atoms with E-state index in [0.29, 0.717) is 24.7 Å². The van der Waals surface area contributed by atoms with Crippen molar-refractivity contribution in [2.75, 3.05) is 25.6 Å². The van der Waals surface area contributed by atoms with Gasteiger partial charge in [0.1, 0.15) is 12.4 Å². The van der Waals surface area contributed by atoms with Gasteiger partial charge in [-0.3, -0.25) is 4.79 Å². The van der Waals surface area contributed by atoms with Crippen molar-refractivity contribution in [1.82, 2.24) is 0 Å². The van der Waals surface area contributed by atoms with E-state index in [9.17, 15) is 4.79 Å². The SMILES string of the molecule is CCCc1sc(C(=O)Nc2ccc(C)cc2OCCOC)cc1CC. The van der Waals surface area contributed by atoms with Crippen molar-refractivity contribution in [2.45, 2.75) is 40.0 Å². The van der Waals surface area contributed by atoms with Crippen LogP contribution < -0.4 is 10.1 Å². The van der Waals surface area contributed by atoms with Crippen molar-refractivity contribution in [3.8, 4) is 5.75 Å². The van der Waals surface area contributed by atoms with E-state index in [2.05, 4.69) is 19.2 Å². The number of carbonyl (C=O) groups excluding carboxylic acids is 1. The molecule has 0 aliphatic rings. The van der Waals surface area contributed by atoms with E-state index < -0.39 is 0 Å². The van der Waals surface area contributed by atoms with Crippen LogP contribution in [0.25, 0.3) is 0 Å². The first-order valence-electron chi connectivity index (χ1n) is 8.74. The van der Waals surface area contributed by atoms with Crippen LogP contribution in [-0.2, 0) is 17.6 Å². The normalized spacial score (nSPS) is 10.7. The first kappa shape index (κ1) is 19.5. The highest BCUT2D eigenvalue weighted by atomic mass is 32.1. The van der Waals surface area contributed by atoms with Gasteiger partial charge in [0.15, 0.2) is 0 Å². The number of rotatable bonds is 9. The fourth-order valence-corrected chi connectivity index (χ4v) is 3.84. The number of thiophene rings is 1. The molecular weight excluding hydrogens is 334 g/mol. The third kappa shape index (κ3) is 5.31. The standard InChI is InChI=1S/C20H27NO3S/c1-5-7-18-15(6-2)13-19(25-18)20(22)21-16-9-8-14(3)12-17(16)24-11-10-23-4/h8-9,12-13H,5-7,10-11H2,1-4H3,(H,21,22). The van der Waals surface area contributed by atoms with Crippen LogP contribution in [0.4, 0.5) is 5.69 Å². The second-order valence-electron chi connectivity index (χ2n) is 5.96. The zero-order valence-corrected chi connectivity index (χ0v) is 16.3. The lowest BCUT2D eigenvalue weighted by atomic mass is 10.1. The topological polar surface area (TPSA) is 47.6 Å². The molecule has 0 fully saturated rings. The van der Waals surface area contributed by atoms with Crippen LogP contribution in [-0.4, -0.2) is 26.2 Å². The van der Waals surface area contributed by atoms with Crippen LogP contribution in [0.1, 0.15) is 45.9 Å². The Morgan fingerprint density at radius 1 is 1.20 bits per heavy atom. The van der Waals surface area contributed by atoms with Gasteiger partial charge in [0, 0.05) is 12.0 Å². The van der Waals surface area contributed by atoms with E-state index in [4.69, 9.17) is 9.47 Å². The first-order chi connectivity index (χ1) is 12.1. The summed E-state index contributed by atoms with van der Waals surface area (Å²) in [5, 5.41) is 2.99. The highest BCUT2D eigenvalue weighted by Gasteiger charge is 2.15. The zero-order valence-electron chi connectivity index (χ0n) is 15.5. The first-order valence-corrected chi connectivity index (χ1v) is 9.56. The Labute approximate surface area is 154 Å². The molecule has 5 heteroatoms. The molecule has 1 heterocycles. The summed E-state index contributed by atoms with van der Waals surface area (Å²) in [6.07, 6.45) is 3.07. The van der Waals surface area contributed by atoms with E-state index >= 15 is 0 Å². The Hall–Kier alpha value is -1.85. The van der Waals surface area contributed by atoms with Crippen LogP contribution in [0, 0.1) is 6.92 Å². The molecule has 0 aliphatic carbocycles. The summed E-state index contributed by atoms with van der Waals surface area (Å²) in [6, 6.07) is 7.80. The molecule has 4 nitrogen and oxygen atoms in total. The summed E-state index contributed by atoms with van der Waals surface area (Å²) in [5.41, 5.74) is 3.05. The maximum atomic E-state index is 12.7. The van der Waals surface area contributed by atoms with E-state index in [0.717, 1.165) is 29.7 Å². The van der Waals surface area contributed by atoms with Gasteiger partial charge in [-0.15, -0.1) is 11.3 Å². The maximum absolute atomic E-state index is 12.7. The molecule has 0 saturated heterocycles. The van der Waals surface area contributed by atoms with Crippen molar-refractivity contribution in [3.05, 3.63) is 45.1 Å². The Bertz CT molecular complexity index is 709. The molecule has 2 aromatic rings. The van der Waals surface area contributed by atoms with Crippen molar-refractivity contribution in [3.63, 3.8) is 0 Å². The molecule has 0 saturated carbocycles. The molecule has 0 spiro atoms. The fourth-order valence-electron chi connectivity index (χ4n) is 2.59. The van der Waals surface area contributed by atoms with Crippen molar-refractivity contribution in [2.24, 2.45) is 0 Å². The summed E-state index contributed by atoms with van der Waals surface area (Å²) in [6.45, 7) is 7.24. The molecule has 0 aliphatic heterocycles. The van der Waals surface area contributed by atoms with Gasteiger partial charge in [-0.25, -0.2) is 0 Å². The van der Waals surface area contributed by atoms with Gasteiger partial charge in [0.2, 0.25) is 0 Å². The third-order valence-corrected chi connectivity index (χ3v) is 5.14. The lowest BCUT2D eigenvalue weighted by Crippen LogP contribution is -2.13. The summed E-state index contributed by atoms with van der Waals surface area (Å²) in [7, 11) is 1.64. The monoisotopic (exact) mass is 361 g/mol. The highest BCUT2D eigenvalue weighted by Crippen LogP contribution is 2.29. The minimum atomic E-state index is -0.0810. The van der Waals surface area contributed by atoms with Crippen molar-refractivity contribution in [1.29, 1.82) is 0 Å². The molecule has 0 unspecified atom stereocenters. The van der Waals surface area contributed by atoms with E-state index in [-0.39, 0.29) is 5.91 Å². The van der Waals surface area contributed by atoms with Crippen molar-refractivity contribution >= 4 is 22.9 Å². The van der Waals surface area contributed by atoms with Gasteiger partial charge in [0.25, 0.3) is 5.91 Å². The number of anilines is 1.